The highest BCUT2D eigenvalue weighted by atomic mass is 19.1. The van der Waals surface area contributed by atoms with Crippen molar-refractivity contribution in [2.75, 3.05) is 31.1 Å². The van der Waals surface area contributed by atoms with Crippen molar-refractivity contribution in [2.24, 2.45) is 7.05 Å². The molecule has 3 rings (SSSR count). The number of aromatic nitrogens is 1. The van der Waals surface area contributed by atoms with Crippen LogP contribution in [0.1, 0.15) is 10.4 Å². The molecule has 1 saturated heterocycles. The molecule has 1 aromatic carbocycles. The summed E-state index contributed by atoms with van der Waals surface area (Å²) >= 11 is 0. The van der Waals surface area contributed by atoms with E-state index in [1.807, 2.05) is 4.90 Å². The Balaban J connectivity index is 2.22. The second kappa shape index (κ2) is 5.42. The Morgan fingerprint density at radius 1 is 1.32 bits per heavy atom. The predicted octanol–water partition coefficient (Wildman–Crippen LogP) is 0.800. The smallest absolute Gasteiger partial charge is 0.341 e. The first kappa shape index (κ1) is 14.5. The van der Waals surface area contributed by atoms with Crippen LogP contribution in [0.3, 0.4) is 0 Å². The Hall–Kier alpha value is -2.41. The molecule has 0 atom stereocenters. The number of hydrogen-bond acceptors (Lipinski definition) is 3. The topological polar surface area (TPSA) is 76.6 Å². The molecule has 1 N–H and O–H groups in total. The van der Waals surface area contributed by atoms with Gasteiger partial charge in [-0.2, -0.15) is 0 Å². The van der Waals surface area contributed by atoms with E-state index >= 15 is 0 Å². The van der Waals surface area contributed by atoms with Crippen LogP contribution in [-0.4, -0.2) is 41.8 Å². The number of pyridine rings is 1. The molecule has 2 heterocycles. The van der Waals surface area contributed by atoms with Gasteiger partial charge in [-0.25, -0.2) is 14.5 Å². The van der Waals surface area contributed by atoms with E-state index in [2.05, 4.69) is 5.32 Å². The predicted molar refractivity (Wildman–Crippen MR) is 80.2 cm³/mol. The van der Waals surface area contributed by atoms with E-state index in [4.69, 9.17) is 5.11 Å². The van der Waals surface area contributed by atoms with Crippen LogP contribution < -0.4 is 15.6 Å². The van der Waals surface area contributed by atoms with Gasteiger partial charge in [-0.1, -0.05) is 0 Å². The molecular weight excluding hydrogens is 289 g/mol. The third-order valence-corrected chi connectivity index (χ3v) is 3.88. The number of benzene rings is 1. The van der Waals surface area contributed by atoms with Gasteiger partial charge >= 0.3 is 5.97 Å². The van der Waals surface area contributed by atoms with Crippen molar-refractivity contribution < 1.29 is 14.3 Å². The minimum absolute atomic E-state index is 0.0744. The standard InChI is InChI=1S/C15H15FN3O3/c1-18-8-10(15(21)22)14(20)9-6-11(16)13(7-12(9)18)19-4-2-17-3-5-19/h6-8H,2-5H2,1H3,(H,21,22). The molecule has 1 fully saturated rings. The van der Waals surface area contributed by atoms with Crippen molar-refractivity contribution in [1.29, 1.82) is 0 Å². The third-order valence-electron chi connectivity index (χ3n) is 3.88. The first-order valence-electron chi connectivity index (χ1n) is 6.93. The summed E-state index contributed by atoms with van der Waals surface area (Å²) in [7, 11) is 1.64. The Morgan fingerprint density at radius 3 is 2.64 bits per heavy atom. The van der Waals surface area contributed by atoms with Crippen LogP contribution in [0, 0.1) is 5.82 Å². The fourth-order valence-electron chi connectivity index (χ4n) is 2.73. The zero-order chi connectivity index (χ0) is 15.9. The summed E-state index contributed by atoms with van der Waals surface area (Å²) in [6.07, 6.45) is 1.26. The van der Waals surface area contributed by atoms with Gasteiger partial charge in [0.2, 0.25) is 5.43 Å². The number of aryl methyl sites for hydroxylation is 1. The summed E-state index contributed by atoms with van der Waals surface area (Å²) < 4.78 is 15.9. The second-order valence-corrected chi connectivity index (χ2v) is 5.27. The average Bonchev–Trinajstić information content (AvgIpc) is 2.51. The van der Waals surface area contributed by atoms with Crippen molar-refractivity contribution >= 4 is 22.6 Å². The maximum atomic E-state index is 14.4. The van der Waals surface area contributed by atoms with Gasteiger partial charge in [0.15, 0.2) is 0 Å². The molecule has 0 spiro atoms. The van der Waals surface area contributed by atoms with Crippen LogP contribution in [0.25, 0.3) is 10.9 Å². The normalized spacial score (nSPS) is 15.3. The maximum absolute atomic E-state index is 14.4. The lowest BCUT2D eigenvalue weighted by molar-refractivity contribution is 0.0695. The summed E-state index contributed by atoms with van der Waals surface area (Å²) in [5, 5.41) is 13.3. The van der Waals surface area contributed by atoms with Crippen LogP contribution >= 0.6 is 0 Å². The van der Waals surface area contributed by atoms with Crippen molar-refractivity contribution in [3.63, 3.8) is 0 Å². The molecule has 6 nitrogen and oxygen atoms in total. The van der Waals surface area contributed by atoms with Gasteiger partial charge in [-0.05, 0) is 12.1 Å². The van der Waals surface area contributed by atoms with Gasteiger partial charge in [0.05, 0.1) is 11.2 Å². The molecule has 2 aromatic rings. The molecule has 7 heteroatoms. The van der Waals surface area contributed by atoms with Gasteiger partial charge in [-0.3, -0.25) is 4.79 Å². The number of rotatable bonds is 2. The number of hydrogen-bond donors (Lipinski definition) is 1. The molecule has 0 bridgehead atoms. The first-order valence-corrected chi connectivity index (χ1v) is 6.93. The van der Waals surface area contributed by atoms with E-state index < -0.39 is 17.2 Å². The molecule has 0 unspecified atom stereocenters. The third kappa shape index (κ3) is 2.33. The van der Waals surface area contributed by atoms with Crippen molar-refractivity contribution in [2.45, 2.75) is 0 Å². The number of carboxylic acids is 1. The molecule has 1 aliphatic rings. The summed E-state index contributed by atoms with van der Waals surface area (Å²) in [4.78, 5) is 25.1. The van der Waals surface area contributed by atoms with E-state index in [1.54, 1.807) is 13.1 Å². The Labute approximate surface area is 125 Å². The van der Waals surface area contributed by atoms with E-state index in [-0.39, 0.29) is 10.9 Å². The van der Waals surface area contributed by atoms with E-state index in [9.17, 15) is 14.0 Å². The lowest BCUT2D eigenvalue weighted by Crippen LogP contribution is -2.40. The highest BCUT2D eigenvalue weighted by Gasteiger charge is 2.19. The lowest BCUT2D eigenvalue weighted by atomic mass is 10.1. The number of fused-ring (bicyclic) bond motifs is 1. The largest absolute Gasteiger partial charge is 0.477 e. The molecule has 0 aliphatic carbocycles. The Morgan fingerprint density at radius 2 is 2.00 bits per heavy atom. The number of carboxylic acid groups (broad SMARTS) is 1. The molecule has 1 aromatic heterocycles. The number of nitrogens with zero attached hydrogens (tertiary/aromatic N) is 3. The monoisotopic (exact) mass is 304 g/mol. The van der Waals surface area contributed by atoms with Gasteiger partial charge in [-0.15, -0.1) is 0 Å². The summed E-state index contributed by atoms with van der Waals surface area (Å²) in [6.45, 7) is 2.55. The second-order valence-electron chi connectivity index (χ2n) is 5.27. The maximum Gasteiger partial charge on any atom is 0.341 e. The fraction of sp³-hybridized carbons (Fsp3) is 0.333. The summed E-state index contributed by atoms with van der Waals surface area (Å²) in [5.74, 6) is -1.83. The fourth-order valence-corrected chi connectivity index (χ4v) is 2.73. The zero-order valence-corrected chi connectivity index (χ0v) is 12.0. The molecule has 0 amide bonds. The van der Waals surface area contributed by atoms with Gasteiger partial charge < -0.3 is 14.6 Å². The Kier molecular flexibility index (Phi) is 3.58. The molecule has 0 saturated carbocycles. The lowest BCUT2D eigenvalue weighted by Gasteiger charge is -2.29. The highest BCUT2D eigenvalue weighted by Crippen LogP contribution is 2.25. The molecule has 115 valence electrons. The van der Waals surface area contributed by atoms with Crippen LogP contribution in [0.5, 0.6) is 0 Å². The number of anilines is 1. The minimum Gasteiger partial charge on any atom is -0.477 e. The van der Waals surface area contributed by atoms with Crippen LogP contribution in [-0.2, 0) is 7.05 Å². The Bertz CT molecular complexity index is 810. The zero-order valence-electron chi connectivity index (χ0n) is 12.0. The van der Waals surface area contributed by atoms with E-state index in [1.165, 1.54) is 10.8 Å². The number of carbonyl (C=O) groups is 1. The van der Waals surface area contributed by atoms with E-state index in [0.717, 1.165) is 6.07 Å². The molecule has 1 aliphatic heterocycles. The van der Waals surface area contributed by atoms with Gasteiger partial charge in [0, 0.05) is 44.8 Å². The average molecular weight is 304 g/mol. The van der Waals surface area contributed by atoms with Crippen LogP contribution in [0.15, 0.2) is 23.1 Å². The SMILES string of the molecule is Cn1cc(C(=O)O)c(=O)c2cc(F)c(N3CC[N]CC3)cc21. The molecule has 1 radical (unpaired) electrons. The first-order chi connectivity index (χ1) is 10.5. The van der Waals surface area contributed by atoms with E-state index in [0.29, 0.717) is 37.4 Å². The molecule has 22 heavy (non-hydrogen) atoms. The van der Waals surface area contributed by atoms with Crippen molar-refractivity contribution in [3.05, 3.63) is 39.9 Å². The minimum atomic E-state index is -1.32. The summed E-state index contributed by atoms with van der Waals surface area (Å²) in [5.41, 5.74) is -0.104. The quantitative estimate of drug-likeness (QED) is 0.890. The number of piperazine rings is 1. The number of halogens is 1. The number of aromatic carboxylic acids is 1. The van der Waals surface area contributed by atoms with Gasteiger partial charge in [0.1, 0.15) is 11.4 Å². The van der Waals surface area contributed by atoms with Crippen LogP contribution in [0.2, 0.25) is 0 Å². The molecular formula is C15H15FN3O3. The van der Waals surface area contributed by atoms with Crippen LogP contribution in [0.4, 0.5) is 10.1 Å². The van der Waals surface area contributed by atoms with Gasteiger partial charge in [0.25, 0.3) is 0 Å². The van der Waals surface area contributed by atoms with Crippen molar-refractivity contribution in [1.82, 2.24) is 9.88 Å². The van der Waals surface area contributed by atoms with Crippen molar-refractivity contribution in [3.8, 4) is 0 Å². The highest BCUT2D eigenvalue weighted by molar-refractivity contribution is 5.93. The summed E-state index contributed by atoms with van der Waals surface area (Å²) in [6, 6.07) is 2.73.